The lowest BCUT2D eigenvalue weighted by atomic mass is 9.92. The van der Waals surface area contributed by atoms with Crippen molar-refractivity contribution >= 4 is 22.8 Å². The third kappa shape index (κ3) is 4.85. The largest absolute Gasteiger partial charge is 0.444 e. The number of amides is 2. The fraction of sp³-hybridized carbons (Fsp3) is 0.429. The van der Waals surface area contributed by atoms with Gasteiger partial charge < -0.3 is 14.5 Å². The van der Waals surface area contributed by atoms with Crippen molar-refractivity contribution in [2.24, 2.45) is 5.92 Å². The van der Waals surface area contributed by atoms with Crippen molar-refractivity contribution in [2.75, 3.05) is 19.6 Å². The van der Waals surface area contributed by atoms with Gasteiger partial charge in [0.25, 0.3) is 11.5 Å². The summed E-state index contributed by atoms with van der Waals surface area (Å²) >= 11 is 0. The molecule has 188 valence electrons. The standard InChI is InChI=1S/C28H32N4O4/c1-28(2,3)36-27(35)32-13-7-10-20-16-31(17-24(20)32)26(34)19-9-6-8-18(14-19)15-23-21-11-4-5-12-22(21)25(33)30-29-23/h4-6,8-9,11-12,14,20,24H,7,10,13,15-17H2,1-3H3,(H,30,33). The summed E-state index contributed by atoms with van der Waals surface area (Å²) in [5.74, 6) is 0.227. The SMILES string of the molecule is CC(C)(C)OC(=O)N1CCCC2CN(C(=O)c3cccc(Cc4n[nH]c(=O)c5ccccc45)c3)CC21. The Morgan fingerprint density at radius 1 is 1.08 bits per heavy atom. The van der Waals surface area contributed by atoms with Crippen LogP contribution in [0.5, 0.6) is 0 Å². The number of nitrogens with one attached hydrogen (secondary N) is 1. The highest BCUT2D eigenvalue weighted by molar-refractivity contribution is 5.94. The van der Waals surface area contributed by atoms with E-state index in [-0.39, 0.29) is 29.5 Å². The number of aromatic amines is 1. The normalized spacial score (nSPS) is 19.9. The van der Waals surface area contributed by atoms with E-state index in [1.54, 1.807) is 6.07 Å². The molecule has 0 radical (unpaired) electrons. The lowest BCUT2D eigenvalue weighted by molar-refractivity contribution is 0.00615. The summed E-state index contributed by atoms with van der Waals surface area (Å²) in [6.07, 6.45) is 2.11. The molecule has 8 heteroatoms. The van der Waals surface area contributed by atoms with Gasteiger partial charge in [-0.15, -0.1) is 0 Å². The van der Waals surface area contributed by atoms with Gasteiger partial charge in [-0.1, -0.05) is 30.3 Å². The van der Waals surface area contributed by atoms with E-state index >= 15 is 0 Å². The third-order valence-corrected chi connectivity index (χ3v) is 7.02. The number of hydrogen-bond acceptors (Lipinski definition) is 5. The molecule has 36 heavy (non-hydrogen) atoms. The van der Waals surface area contributed by atoms with Gasteiger partial charge in [0.05, 0.1) is 17.1 Å². The molecule has 2 aliphatic heterocycles. The summed E-state index contributed by atoms with van der Waals surface area (Å²) in [7, 11) is 0. The van der Waals surface area contributed by atoms with Gasteiger partial charge in [0, 0.05) is 37.0 Å². The highest BCUT2D eigenvalue weighted by atomic mass is 16.6. The molecule has 3 aromatic rings. The summed E-state index contributed by atoms with van der Waals surface area (Å²) in [6, 6.07) is 15.0. The summed E-state index contributed by atoms with van der Waals surface area (Å²) in [5, 5.41) is 8.26. The molecule has 2 aliphatic rings. The van der Waals surface area contributed by atoms with Gasteiger partial charge in [-0.3, -0.25) is 9.59 Å². The lowest BCUT2D eigenvalue weighted by Crippen LogP contribution is -2.50. The summed E-state index contributed by atoms with van der Waals surface area (Å²) in [5.41, 5.74) is 1.55. The number of benzene rings is 2. The van der Waals surface area contributed by atoms with Crippen LogP contribution in [-0.2, 0) is 11.2 Å². The zero-order valence-electron chi connectivity index (χ0n) is 21.0. The van der Waals surface area contributed by atoms with Gasteiger partial charge >= 0.3 is 6.09 Å². The molecule has 5 rings (SSSR count). The van der Waals surface area contributed by atoms with Gasteiger partial charge in [-0.25, -0.2) is 9.89 Å². The smallest absolute Gasteiger partial charge is 0.410 e. The molecule has 1 N–H and O–H groups in total. The second kappa shape index (κ2) is 9.41. The molecule has 3 heterocycles. The number of piperidine rings is 1. The first-order valence-electron chi connectivity index (χ1n) is 12.5. The number of likely N-dealkylation sites (tertiary alicyclic amines) is 2. The van der Waals surface area contributed by atoms with Crippen molar-refractivity contribution in [1.29, 1.82) is 0 Å². The molecule has 1 aromatic heterocycles. The fourth-order valence-electron chi connectivity index (χ4n) is 5.39. The first-order valence-corrected chi connectivity index (χ1v) is 12.5. The average molecular weight is 489 g/mol. The average Bonchev–Trinajstić information content (AvgIpc) is 3.29. The monoisotopic (exact) mass is 488 g/mol. The van der Waals surface area contributed by atoms with E-state index in [9.17, 15) is 14.4 Å². The van der Waals surface area contributed by atoms with E-state index < -0.39 is 5.60 Å². The quantitative estimate of drug-likeness (QED) is 0.602. The second-order valence-corrected chi connectivity index (χ2v) is 10.8. The van der Waals surface area contributed by atoms with Crippen LogP contribution in [0.3, 0.4) is 0 Å². The van der Waals surface area contributed by atoms with E-state index in [2.05, 4.69) is 10.2 Å². The van der Waals surface area contributed by atoms with Crippen LogP contribution in [0.2, 0.25) is 0 Å². The number of aromatic nitrogens is 2. The van der Waals surface area contributed by atoms with Gasteiger partial charge in [-0.05, 0) is 63.3 Å². The zero-order valence-corrected chi connectivity index (χ0v) is 21.0. The van der Waals surface area contributed by atoms with Crippen LogP contribution in [0.15, 0.2) is 53.3 Å². The van der Waals surface area contributed by atoms with E-state index in [0.717, 1.165) is 29.5 Å². The van der Waals surface area contributed by atoms with Crippen LogP contribution in [0.1, 0.15) is 55.2 Å². The first kappa shape index (κ1) is 24.0. The summed E-state index contributed by atoms with van der Waals surface area (Å²) < 4.78 is 5.63. The highest BCUT2D eigenvalue weighted by Crippen LogP contribution is 2.32. The van der Waals surface area contributed by atoms with Gasteiger partial charge in [0.15, 0.2) is 0 Å². The van der Waals surface area contributed by atoms with Crippen molar-refractivity contribution in [2.45, 2.75) is 51.7 Å². The van der Waals surface area contributed by atoms with Gasteiger partial charge in [0.1, 0.15) is 5.60 Å². The zero-order chi connectivity index (χ0) is 25.4. The highest BCUT2D eigenvalue weighted by Gasteiger charge is 2.43. The van der Waals surface area contributed by atoms with E-state index in [4.69, 9.17) is 4.74 Å². The van der Waals surface area contributed by atoms with Crippen molar-refractivity contribution in [3.05, 3.63) is 75.7 Å². The molecule has 2 aromatic carbocycles. The van der Waals surface area contributed by atoms with Gasteiger partial charge in [-0.2, -0.15) is 5.10 Å². The minimum atomic E-state index is -0.551. The minimum Gasteiger partial charge on any atom is -0.444 e. The number of H-pyrrole nitrogens is 1. The molecule has 0 aliphatic carbocycles. The molecule has 8 nitrogen and oxygen atoms in total. The molecule has 2 amide bonds. The molecular weight excluding hydrogens is 456 g/mol. The third-order valence-electron chi connectivity index (χ3n) is 7.02. The Hall–Kier alpha value is -3.68. The van der Waals surface area contributed by atoms with E-state index in [1.165, 1.54) is 0 Å². The second-order valence-electron chi connectivity index (χ2n) is 10.8. The molecular formula is C28H32N4O4. The predicted octanol–water partition coefficient (Wildman–Crippen LogP) is 3.99. The molecule has 2 unspecified atom stereocenters. The molecule has 2 saturated heterocycles. The Morgan fingerprint density at radius 3 is 2.64 bits per heavy atom. The number of rotatable bonds is 3. The first-order chi connectivity index (χ1) is 17.2. The van der Waals surface area contributed by atoms with Crippen LogP contribution in [0, 0.1) is 5.92 Å². The lowest BCUT2D eigenvalue weighted by Gasteiger charge is -2.37. The maximum atomic E-state index is 13.5. The van der Waals surface area contributed by atoms with Gasteiger partial charge in [0.2, 0.25) is 0 Å². The number of fused-ring (bicyclic) bond motifs is 2. The number of hydrogen-bond donors (Lipinski definition) is 1. The van der Waals surface area contributed by atoms with Crippen molar-refractivity contribution in [3.8, 4) is 0 Å². The van der Waals surface area contributed by atoms with Crippen LogP contribution in [0.25, 0.3) is 10.8 Å². The summed E-state index contributed by atoms with van der Waals surface area (Å²) in [4.78, 5) is 42.1. The number of nitrogens with zero attached hydrogens (tertiary/aromatic N) is 3. The molecule has 0 bridgehead atoms. The summed E-state index contributed by atoms with van der Waals surface area (Å²) in [6.45, 7) is 7.42. The Kier molecular flexibility index (Phi) is 6.28. The Bertz CT molecular complexity index is 1360. The van der Waals surface area contributed by atoms with E-state index in [0.29, 0.717) is 37.0 Å². The van der Waals surface area contributed by atoms with Crippen LogP contribution in [0.4, 0.5) is 4.79 Å². The maximum Gasteiger partial charge on any atom is 0.410 e. The molecule has 2 fully saturated rings. The molecule has 0 spiro atoms. The van der Waals surface area contributed by atoms with Crippen molar-refractivity contribution < 1.29 is 14.3 Å². The van der Waals surface area contributed by atoms with E-state index in [1.807, 2.05) is 73.0 Å². The Labute approximate surface area is 210 Å². The number of carbonyl (C=O) groups is 2. The molecule has 0 saturated carbocycles. The number of ether oxygens (including phenoxy) is 1. The topological polar surface area (TPSA) is 95.6 Å². The van der Waals surface area contributed by atoms with Crippen LogP contribution in [-0.4, -0.2) is 63.3 Å². The van der Waals surface area contributed by atoms with Crippen LogP contribution < -0.4 is 5.56 Å². The van der Waals surface area contributed by atoms with Crippen LogP contribution >= 0.6 is 0 Å². The predicted molar refractivity (Wildman–Crippen MR) is 137 cm³/mol. The molecule has 2 atom stereocenters. The Balaban J connectivity index is 1.33. The maximum absolute atomic E-state index is 13.5. The number of carbonyl (C=O) groups excluding carboxylic acids is 2. The Morgan fingerprint density at radius 2 is 1.86 bits per heavy atom. The van der Waals surface area contributed by atoms with Crippen molar-refractivity contribution in [1.82, 2.24) is 20.0 Å². The fourth-order valence-corrected chi connectivity index (χ4v) is 5.39. The van der Waals surface area contributed by atoms with Crippen molar-refractivity contribution in [3.63, 3.8) is 0 Å². The minimum absolute atomic E-state index is 0.0163.